The van der Waals surface area contributed by atoms with Crippen molar-refractivity contribution < 1.29 is 19.5 Å². The SMILES string of the molecule is C/C(=C\[C@H](C(C)C)N(C)C(=O)[C@@H](NC(=O)C1CCCCN1C(C)C)C(C)(C)C)C(=O)O. The maximum absolute atomic E-state index is 13.5. The lowest BCUT2D eigenvalue weighted by atomic mass is 9.84. The van der Waals surface area contributed by atoms with Crippen LogP contribution in [0.3, 0.4) is 0 Å². The molecule has 0 aromatic rings. The van der Waals surface area contributed by atoms with Crippen molar-refractivity contribution in [2.24, 2.45) is 11.3 Å². The first-order valence-electron chi connectivity index (χ1n) is 11.4. The molecule has 2 amide bonds. The fraction of sp³-hybridized carbons (Fsp3) is 0.792. The lowest BCUT2D eigenvalue weighted by molar-refractivity contribution is -0.142. The molecular formula is C24H43N3O4. The van der Waals surface area contributed by atoms with E-state index in [9.17, 15) is 19.5 Å². The van der Waals surface area contributed by atoms with Crippen LogP contribution in [0.4, 0.5) is 0 Å². The molecule has 2 N–H and O–H groups in total. The number of carboxylic acids is 1. The van der Waals surface area contributed by atoms with Gasteiger partial charge in [0.2, 0.25) is 11.8 Å². The highest BCUT2D eigenvalue weighted by atomic mass is 16.4. The van der Waals surface area contributed by atoms with E-state index < -0.39 is 17.4 Å². The molecule has 1 fully saturated rings. The van der Waals surface area contributed by atoms with E-state index in [1.807, 2.05) is 34.6 Å². The molecule has 1 rings (SSSR count). The van der Waals surface area contributed by atoms with Crippen LogP contribution in [0.2, 0.25) is 0 Å². The van der Waals surface area contributed by atoms with Crippen LogP contribution in [0.15, 0.2) is 11.6 Å². The zero-order chi connectivity index (χ0) is 24.1. The van der Waals surface area contributed by atoms with Gasteiger partial charge in [0, 0.05) is 18.7 Å². The summed E-state index contributed by atoms with van der Waals surface area (Å²) in [4.78, 5) is 41.9. The first-order chi connectivity index (χ1) is 14.2. The number of carboxylic acid groups (broad SMARTS) is 1. The molecule has 1 heterocycles. The number of aliphatic carboxylic acids is 1. The molecule has 3 atom stereocenters. The normalized spacial score (nSPS) is 20.5. The predicted octanol–water partition coefficient (Wildman–Crippen LogP) is 3.29. The number of hydrogen-bond acceptors (Lipinski definition) is 4. The largest absolute Gasteiger partial charge is 0.478 e. The van der Waals surface area contributed by atoms with Crippen LogP contribution in [-0.4, -0.2) is 70.4 Å². The number of nitrogens with one attached hydrogen (secondary N) is 1. The fourth-order valence-electron chi connectivity index (χ4n) is 4.17. The predicted molar refractivity (Wildman–Crippen MR) is 124 cm³/mol. The van der Waals surface area contributed by atoms with Gasteiger partial charge in [0.25, 0.3) is 0 Å². The molecule has 178 valence electrons. The van der Waals surface area contributed by atoms with Gasteiger partial charge < -0.3 is 15.3 Å². The topological polar surface area (TPSA) is 90.0 Å². The van der Waals surface area contributed by atoms with Gasteiger partial charge in [-0.15, -0.1) is 0 Å². The number of amides is 2. The average Bonchev–Trinajstić information content (AvgIpc) is 2.67. The smallest absolute Gasteiger partial charge is 0.331 e. The zero-order valence-corrected chi connectivity index (χ0v) is 20.9. The van der Waals surface area contributed by atoms with Crippen LogP contribution in [0.25, 0.3) is 0 Å². The molecule has 1 saturated heterocycles. The van der Waals surface area contributed by atoms with Crippen LogP contribution < -0.4 is 5.32 Å². The molecule has 0 aromatic heterocycles. The fourth-order valence-corrected chi connectivity index (χ4v) is 4.17. The molecule has 0 radical (unpaired) electrons. The quantitative estimate of drug-likeness (QED) is 0.569. The van der Waals surface area contributed by atoms with Crippen LogP contribution in [0, 0.1) is 11.3 Å². The van der Waals surface area contributed by atoms with Crippen molar-refractivity contribution in [1.29, 1.82) is 0 Å². The summed E-state index contributed by atoms with van der Waals surface area (Å²) in [6.07, 6.45) is 4.50. The van der Waals surface area contributed by atoms with Crippen molar-refractivity contribution in [3.63, 3.8) is 0 Å². The summed E-state index contributed by atoms with van der Waals surface area (Å²) in [6.45, 7) is 16.3. The van der Waals surface area contributed by atoms with Gasteiger partial charge >= 0.3 is 5.97 Å². The summed E-state index contributed by atoms with van der Waals surface area (Å²) in [5.41, 5.74) is -0.296. The lowest BCUT2D eigenvalue weighted by Crippen LogP contribution is -2.60. The Labute approximate surface area is 188 Å². The summed E-state index contributed by atoms with van der Waals surface area (Å²) in [5.74, 6) is -1.29. The number of carbonyl (C=O) groups excluding carboxylic acids is 2. The van der Waals surface area contributed by atoms with E-state index in [0.29, 0.717) is 0 Å². The van der Waals surface area contributed by atoms with Crippen molar-refractivity contribution in [2.45, 2.75) is 98.8 Å². The number of carbonyl (C=O) groups is 3. The van der Waals surface area contributed by atoms with Gasteiger partial charge in [-0.2, -0.15) is 0 Å². The summed E-state index contributed by atoms with van der Waals surface area (Å²) in [6, 6.07) is -1.06. The Morgan fingerprint density at radius 2 is 1.71 bits per heavy atom. The summed E-state index contributed by atoms with van der Waals surface area (Å²) >= 11 is 0. The Bertz CT molecular complexity index is 679. The third-order valence-corrected chi connectivity index (χ3v) is 6.15. The third-order valence-electron chi connectivity index (χ3n) is 6.15. The molecule has 0 spiro atoms. The second kappa shape index (κ2) is 11.1. The van der Waals surface area contributed by atoms with Crippen LogP contribution in [0.1, 0.15) is 74.7 Å². The zero-order valence-electron chi connectivity index (χ0n) is 20.9. The minimum Gasteiger partial charge on any atom is -0.478 e. The molecule has 1 unspecified atom stereocenters. The van der Waals surface area contributed by atoms with Crippen molar-refractivity contribution in [3.8, 4) is 0 Å². The van der Waals surface area contributed by atoms with E-state index in [4.69, 9.17) is 0 Å². The lowest BCUT2D eigenvalue weighted by Gasteiger charge is -2.41. The summed E-state index contributed by atoms with van der Waals surface area (Å²) in [5, 5.41) is 12.3. The molecular weight excluding hydrogens is 394 g/mol. The highest BCUT2D eigenvalue weighted by molar-refractivity contribution is 5.91. The third kappa shape index (κ3) is 7.34. The van der Waals surface area contributed by atoms with Crippen molar-refractivity contribution in [3.05, 3.63) is 11.6 Å². The van der Waals surface area contributed by atoms with Gasteiger partial charge in [-0.3, -0.25) is 14.5 Å². The first kappa shape index (κ1) is 27.1. The van der Waals surface area contributed by atoms with E-state index in [0.717, 1.165) is 25.8 Å². The van der Waals surface area contributed by atoms with Crippen LogP contribution >= 0.6 is 0 Å². The number of piperidine rings is 1. The van der Waals surface area contributed by atoms with E-state index >= 15 is 0 Å². The van der Waals surface area contributed by atoms with Crippen molar-refractivity contribution in [2.75, 3.05) is 13.6 Å². The number of hydrogen-bond donors (Lipinski definition) is 2. The molecule has 0 aliphatic carbocycles. The highest BCUT2D eigenvalue weighted by Gasteiger charge is 2.39. The van der Waals surface area contributed by atoms with Crippen LogP contribution in [-0.2, 0) is 14.4 Å². The second-order valence-electron chi connectivity index (χ2n) is 10.5. The van der Waals surface area contributed by atoms with Crippen molar-refractivity contribution in [1.82, 2.24) is 15.1 Å². The number of rotatable bonds is 8. The van der Waals surface area contributed by atoms with E-state index in [1.165, 1.54) is 6.92 Å². The molecule has 0 saturated carbocycles. The number of likely N-dealkylation sites (N-methyl/N-ethyl adjacent to an activating group) is 1. The van der Waals surface area contributed by atoms with Gasteiger partial charge in [0.05, 0.1) is 12.1 Å². The monoisotopic (exact) mass is 437 g/mol. The molecule has 0 aromatic carbocycles. The number of nitrogens with zero attached hydrogens (tertiary/aromatic N) is 2. The second-order valence-corrected chi connectivity index (χ2v) is 10.5. The molecule has 1 aliphatic rings. The van der Waals surface area contributed by atoms with Gasteiger partial charge in [-0.25, -0.2) is 4.79 Å². The maximum atomic E-state index is 13.5. The molecule has 31 heavy (non-hydrogen) atoms. The molecule has 7 nitrogen and oxygen atoms in total. The van der Waals surface area contributed by atoms with Gasteiger partial charge in [0.15, 0.2) is 0 Å². The molecule has 7 heteroatoms. The highest BCUT2D eigenvalue weighted by Crippen LogP contribution is 2.25. The van der Waals surface area contributed by atoms with E-state index in [1.54, 1.807) is 18.0 Å². The van der Waals surface area contributed by atoms with Gasteiger partial charge in [-0.1, -0.05) is 47.1 Å². The van der Waals surface area contributed by atoms with Gasteiger partial charge in [-0.05, 0) is 51.5 Å². The Morgan fingerprint density at radius 1 is 1.13 bits per heavy atom. The average molecular weight is 438 g/mol. The van der Waals surface area contributed by atoms with E-state index in [2.05, 4.69) is 24.1 Å². The molecule has 1 aliphatic heterocycles. The van der Waals surface area contributed by atoms with Crippen LogP contribution in [0.5, 0.6) is 0 Å². The minimum atomic E-state index is -1.00. The number of likely N-dealkylation sites (tertiary alicyclic amines) is 1. The summed E-state index contributed by atoms with van der Waals surface area (Å²) in [7, 11) is 1.69. The molecule has 0 bridgehead atoms. The minimum absolute atomic E-state index is 0.0225. The summed E-state index contributed by atoms with van der Waals surface area (Å²) < 4.78 is 0. The van der Waals surface area contributed by atoms with E-state index in [-0.39, 0.29) is 41.4 Å². The Hall–Kier alpha value is -1.89. The Balaban J connectivity index is 3.15. The Kier molecular flexibility index (Phi) is 9.73. The van der Waals surface area contributed by atoms with Crippen molar-refractivity contribution >= 4 is 17.8 Å². The Morgan fingerprint density at radius 3 is 2.16 bits per heavy atom. The standard InChI is InChI=1S/C24H43N3O4/c1-15(2)19(14-17(5)23(30)31)26(9)22(29)20(24(6,7)8)25-21(28)18-12-10-11-13-27(18)16(3)4/h14-16,18-20H,10-13H2,1-9H3,(H,25,28)(H,30,31)/b17-14+/t18?,19-,20-/m1/s1. The van der Waals surface area contributed by atoms with Gasteiger partial charge in [0.1, 0.15) is 6.04 Å². The maximum Gasteiger partial charge on any atom is 0.331 e. The first-order valence-corrected chi connectivity index (χ1v) is 11.4.